The molecule has 13 nitrogen and oxygen atoms in total. The molecule has 13 heteroatoms. The molecule has 3 aliphatic carbocycles. The summed E-state index contributed by atoms with van der Waals surface area (Å²) in [7, 11) is 0. The zero-order valence-electron chi connectivity index (χ0n) is 28.7. The Morgan fingerprint density at radius 1 is 1.04 bits per heavy atom. The van der Waals surface area contributed by atoms with Gasteiger partial charge in [-0.1, -0.05) is 27.7 Å². The molecule has 2 saturated carbocycles. The maximum atomic E-state index is 15.1. The summed E-state index contributed by atoms with van der Waals surface area (Å²) < 4.78 is 29.1. The normalized spacial score (nSPS) is 36.2. The molecule has 1 aliphatic heterocycles. The maximum Gasteiger partial charge on any atom is 0.385 e. The summed E-state index contributed by atoms with van der Waals surface area (Å²) in [6, 6.07) is 0. The number of ketones is 1. The molecule has 266 valence electrons. The van der Waals surface area contributed by atoms with E-state index in [2.05, 4.69) is 29.6 Å². The molecule has 9 unspecified atom stereocenters. The van der Waals surface area contributed by atoms with E-state index in [0.717, 1.165) is 13.8 Å². The second-order valence-corrected chi connectivity index (χ2v) is 14.1. The average Bonchev–Trinajstić information content (AvgIpc) is 3.00. The number of hydrogen-bond donors (Lipinski definition) is 3. The molecule has 3 fully saturated rings. The third kappa shape index (κ3) is 6.02. The molecule has 1 saturated heterocycles. The summed E-state index contributed by atoms with van der Waals surface area (Å²) in [5.74, 6) is 4.19. The second kappa shape index (κ2) is 13.3. The van der Waals surface area contributed by atoms with Gasteiger partial charge in [0.2, 0.25) is 0 Å². The molecule has 4 rings (SSSR count). The Bertz CT molecular complexity index is 1650. The summed E-state index contributed by atoms with van der Waals surface area (Å²) in [6.45, 7) is 11.1. The van der Waals surface area contributed by atoms with E-state index in [1.807, 2.05) is 0 Å². The molecule has 0 radical (unpaired) electrons. The van der Waals surface area contributed by atoms with Gasteiger partial charge < -0.3 is 39.0 Å². The van der Waals surface area contributed by atoms with Gasteiger partial charge >= 0.3 is 23.9 Å². The van der Waals surface area contributed by atoms with Gasteiger partial charge in [-0.05, 0) is 54.6 Å². The second-order valence-electron chi connectivity index (χ2n) is 14.1. The van der Waals surface area contributed by atoms with Crippen LogP contribution in [0, 0.1) is 58.7 Å². The molecular formula is C36H44O13. The molecule has 4 aliphatic rings. The minimum absolute atomic E-state index is 0. The van der Waals surface area contributed by atoms with E-state index in [0.29, 0.717) is 0 Å². The summed E-state index contributed by atoms with van der Waals surface area (Å²) in [6.07, 6.45) is -4.56. The molecule has 1 heterocycles. The van der Waals surface area contributed by atoms with Crippen LogP contribution in [-0.4, -0.2) is 99.4 Å². The minimum atomic E-state index is -2.33. The third-order valence-electron chi connectivity index (χ3n) is 10.7. The molecule has 10 atom stereocenters. The molecule has 0 aromatic rings. The lowest BCUT2D eigenvalue weighted by Crippen LogP contribution is -2.82. The van der Waals surface area contributed by atoms with E-state index in [-0.39, 0.29) is 25.6 Å². The minimum Gasteiger partial charge on any atom is -0.456 e. The van der Waals surface area contributed by atoms with Crippen LogP contribution in [0.15, 0.2) is 11.1 Å². The van der Waals surface area contributed by atoms with E-state index < -0.39 is 107 Å². The zero-order chi connectivity index (χ0) is 36.9. The quantitative estimate of drug-likeness (QED) is 0.117. The number of hydrogen-bond acceptors (Lipinski definition) is 13. The largest absolute Gasteiger partial charge is 0.456 e. The number of rotatable bonds is 6. The van der Waals surface area contributed by atoms with Crippen molar-refractivity contribution in [3.05, 3.63) is 11.1 Å². The number of ether oxygens (including phenoxy) is 5. The highest BCUT2D eigenvalue weighted by Gasteiger charge is 2.78. The molecule has 3 N–H and O–H groups in total. The van der Waals surface area contributed by atoms with Crippen LogP contribution in [0.2, 0.25) is 0 Å². The van der Waals surface area contributed by atoms with Crippen LogP contribution in [0.25, 0.3) is 0 Å². The lowest BCUT2D eigenvalue weighted by Gasteiger charge is -2.67. The number of carbonyl (C=O) groups excluding carboxylic acids is 5. The first-order chi connectivity index (χ1) is 22.7. The number of esters is 4. The maximum absolute atomic E-state index is 15.1. The molecule has 49 heavy (non-hydrogen) atoms. The van der Waals surface area contributed by atoms with Crippen molar-refractivity contribution in [2.24, 2.45) is 22.7 Å². The number of aliphatic hydroxyl groups is 3. The third-order valence-corrected chi connectivity index (χ3v) is 10.7. The van der Waals surface area contributed by atoms with E-state index in [4.69, 9.17) is 30.1 Å². The van der Waals surface area contributed by atoms with Gasteiger partial charge in [0.1, 0.15) is 23.9 Å². The Morgan fingerprint density at radius 3 is 2.22 bits per heavy atom. The zero-order valence-corrected chi connectivity index (χ0v) is 28.7. The van der Waals surface area contributed by atoms with E-state index in [1.165, 1.54) is 27.7 Å². The molecule has 0 aromatic heterocycles. The predicted octanol–water partition coefficient (Wildman–Crippen LogP) is 0.793. The average molecular weight is 685 g/mol. The summed E-state index contributed by atoms with van der Waals surface area (Å²) in [4.78, 5) is 66.9. The van der Waals surface area contributed by atoms with Crippen LogP contribution in [0.1, 0.15) is 69.7 Å². The van der Waals surface area contributed by atoms with Crippen molar-refractivity contribution in [2.75, 3.05) is 6.61 Å². The van der Waals surface area contributed by atoms with Crippen LogP contribution in [-0.2, 0) is 47.7 Å². The highest BCUT2D eigenvalue weighted by Crippen LogP contribution is 2.64. The lowest BCUT2D eigenvalue weighted by molar-refractivity contribution is -0.347. The van der Waals surface area contributed by atoms with Gasteiger partial charge in [-0.2, -0.15) is 0 Å². The fourth-order valence-corrected chi connectivity index (χ4v) is 8.04. The lowest BCUT2D eigenvalue weighted by atomic mass is 9.44. The van der Waals surface area contributed by atoms with Crippen molar-refractivity contribution in [1.29, 1.82) is 0 Å². The first-order valence-electron chi connectivity index (χ1n) is 15.9. The van der Waals surface area contributed by atoms with Gasteiger partial charge in [-0.25, -0.2) is 9.59 Å². The molecular weight excluding hydrogens is 640 g/mol. The highest BCUT2D eigenvalue weighted by molar-refractivity contribution is 5.95. The van der Waals surface area contributed by atoms with Crippen molar-refractivity contribution >= 4 is 29.7 Å². The van der Waals surface area contributed by atoms with Crippen molar-refractivity contribution in [3.8, 4) is 36.0 Å². The van der Waals surface area contributed by atoms with Crippen LogP contribution in [0.5, 0.6) is 0 Å². The molecule has 0 amide bonds. The number of terminal acetylenes is 1. The fourth-order valence-electron chi connectivity index (χ4n) is 8.04. The number of carbonyl (C=O) groups is 5. The van der Waals surface area contributed by atoms with Crippen LogP contribution in [0.3, 0.4) is 0 Å². The van der Waals surface area contributed by atoms with Crippen LogP contribution < -0.4 is 0 Å². The van der Waals surface area contributed by atoms with Crippen molar-refractivity contribution in [1.82, 2.24) is 0 Å². The van der Waals surface area contributed by atoms with Gasteiger partial charge in [0.05, 0.1) is 24.0 Å². The van der Waals surface area contributed by atoms with Crippen LogP contribution >= 0.6 is 0 Å². The predicted molar refractivity (Wildman–Crippen MR) is 170 cm³/mol. The Balaban J connectivity index is 0.00000676. The SMILES string of the molecule is C#CC#CC#CC(=O)OC1C2C(C)(C(=O)C(OC(C)=O)C3=C(C)C(OC(=O)C(O)C(C)C)CC1(O)C3(C)C)C(O)CC1OC[C@]12OC(C)=O.[HH]. The van der Waals surface area contributed by atoms with Gasteiger partial charge in [-0.3, -0.25) is 14.4 Å². The Hall–Kier alpha value is -4.19. The molecule has 0 aromatic carbocycles. The van der Waals surface area contributed by atoms with Gasteiger partial charge in [0.25, 0.3) is 0 Å². The van der Waals surface area contributed by atoms with Crippen molar-refractivity contribution in [3.63, 3.8) is 0 Å². The highest BCUT2D eigenvalue weighted by atomic mass is 16.6. The van der Waals surface area contributed by atoms with Gasteiger partial charge in [0.15, 0.2) is 23.6 Å². The number of aliphatic hydroxyl groups excluding tert-OH is 2. The summed E-state index contributed by atoms with van der Waals surface area (Å²) >= 11 is 0. The summed E-state index contributed by atoms with van der Waals surface area (Å²) in [5, 5.41) is 35.5. The topological polar surface area (TPSA) is 192 Å². The number of Topliss-reactive ketones (excluding diaryl/α,β-unsaturated/α-hetero) is 1. The van der Waals surface area contributed by atoms with Gasteiger partial charge in [-0.15, -0.1) is 6.42 Å². The van der Waals surface area contributed by atoms with Crippen molar-refractivity contribution in [2.45, 2.75) is 116 Å². The fraction of sp³-hybridized carbons (Fsp3) is 0.639. The Kier molecular flexibility index (Phi) is 10.2. The van der Waals surface area contributed by atoms with Crippen LogP contribution in [0.4, 0.5) is 0 Å². The Morgan fingerprint density at radius 2 is 1.69 bits per heavy atom. The molecule has 2 bridgehead atoms. The first kappa shape index (κ1) is 37.6. The van der Waals surface area contributed by atoms with E-state index in [1.54, 1.807) is 13.8 Å². The van der Waals surface area contributed by atoms with E-state index >= 15 is 4.79 Å². The van der Waals surface area contributed by atoms with Crippen molar-refractivity contribution < 1.29 is 64.4 Å². The monoisotopic (exact) mass is 684 g/mol. The van der Waals surface area contributed by atoms with E-state index in [9.17, 15) is 34.5 Å². The Labute approximate surface area is 286 Å². The first-order valence-corrected chi connectivity index (χ1v) is 15.9. The smallest absolute Gasteiger partial charge is 0.385 e. The summed E-state index contributed by atoms with van der Waals surface area (Å²) in [5.41, 5.74) is -7.43. The molecule has 0 spiro atoms. The standard InChI is InChI=1S/C36H42O13.H2/c1-10-11-12-13-14-25(40)48-31-29-34(9,23(39)15-24-35(29,17-45-24)49-21(6)38)30(42)28(46-20(5)37)26-19(4)22(16-36(31,44)33(26,7)8)47-32(43)27(41)18(2)3;/h1,18,22-24,27-29,31,39,41,44H,15-17H2,2-9H3;1H/t22?,23?,24?,27?,28?,29?,31?,34?,35-,36?;/m0./s1. The van der Waals surface area contributed by atoms with Gasteiger partial charge in [0, 0.05) is 39.5 Å². The number of fused-ring (bicyclic) bond motifs is 5.